The zero-order valence-electron chi connectivity index (χ0n) is 10.0. The highest BCUT2D eigenvalue weighted by Gasteiger charge is 2.13. The van der Waals surface area contributed by atoms with Crippen molar-refractivity contribution in [2.45, 2.75) is 5.75 Å². The summed E-state index contributed by atoms with van der Waals surface area (Å²) in [5.41, 5.74) is 7.35. The van der Waals surface area contributed by atoms with Crippen LogP contribution in [0.3, 0.4) is 0 Å². The minimum absolute atomic E-state index is 0.112. The molecule has 0 saturated heterocycles. The van der Waals surface area contributed by atoms with Crippen LogP contribution in [0.15, 0.2) is 53.0 Å². The van der Waals surface area contributed by atoms with Crippen molar-refractivity contribution in [3.05, 3.63) is 58.6 Å². The Hall–Kier alpha value is -1.53. The standard InChI is InChI=1S/C13H13BrN2O2S/c14-12-6-1-2-7-13(12)16-19(17,18)9-10-4-3-5-11(15)8-10/h1-8,16H,9,15H2. The van der Waals surface area contributed by atoms with E-state index in [1.54, 1.807) is 42.5 Å². The van der Waals surface area contributed by atoms with E-state index in [9.17, 15) is 8.42 Å². The smallest absolute Gasteiger partial charge is 0.236 e. The van der Waals surface area contributed by atoms with Crippen LogP contribution in [-0.4, -0.2) is 8.42 Å². The maximum atomic E-state index is 12.1. The molecular formula is C13H13BrN2O2S. The fraction of sp³-hybridized carbons (Fsp3) is 0.0769. The molecule has 100 valence electrons. The SMILES string of the molecule is Nc1cccc(CS(=O)(=O)Nc2ccccc2Br)c1. The van der Waals surface area contributed by atoms with Gasteiger partial charge in [-0.15, -0.1) is 0 Å². The lowest BCUT2D eigenvalue weighted by molar-refractivity contribution is 0.600. The third kappa shape index (κ3) is 3.97. The van der Waals surface area contributed by atoms with E-state index in [2.05, 4.69) is 20.7 Å². The Bertz CT molecular complexity index is 687. The molecule has 0 aliphatic rings. The minimum atomic E-state index is -3.46. The summed E-state index contributed by atoms with van der Waals surface area (Å²) in [7, 11) is -3.46. The first-order valence-electron chi connectivity index (χ1n) is 5.56. The van der Waals surface area contributed by atoms with Gasteiger partial charge in [0.2, 0.25) is 10.0 Å². The van der Waals surface area contributed by atoms with Gasteiger partial charge < -0.3 is 5.73 Å². The van der Waals surface area contributed by atoms with E-state index in [4.69, 9.17) is 5.73 Å². The van der Waals surface area contributed by atoms with Gasteiger partial charge in [-0.1, -0.05) is 24.3 Å². The van der Waals surface area contributed by atoms with Crippen molar-refractivity contribution in [2.75, 3.05) is 10.5 Å². The lowest BCUT2D eigenvalue weighted by atomic mass is 10.2. The zero-order valence-corrected chi connectivity index (χ0v) is 12.4. The summed E-state index contributed by atoms with van der Waals surface area (Å²) in [5.74, 6) is -0.112. The molecule has 0 unspecified atom stereocenters. The molecule has 2 rings (SSSR count). The van der Waals surface area contributed by atoms with Crippen molar-refractivity contribution in [3.8, 4) is 0 Å². The molecule has 2 aromatic carbocycles. The highest BCUT2D eigenvalue weighted by molar-refractivity contribution is 9.10. The molecule has 0 bridgehead atoms. The fourth-order valence-corrected chi connectivity index (χ4v) is 3.37. The fourth-order valence-electron chi connectivity index (χ4n) is 1.65. The molecule has 0 aliphatic carbocycles. The van der Waals surface area contributed by atoms with Crippen molar-refractivity contribution in [2.24, 2.45) is 0 Å². The van der Waals surface area contributed by atoms with Gasteiger partial charge in [-0.25, -0.2) is 8.42 Å². The van der Waals surface area contributed by atoms with E-state index in [1.165, 1.54) is 0 Å². The van der Waals surface area contributed by atoms with Crippen molar-refractivity contribution >= 4 is 37.3 Å². The van der Waals surface area contributed by atoms with Crippen molar-refractivity contribution < 1.29 is 8.42 Å². The third-order valence-corrected chi connectivity index (χ3v) is 4.38. The summed E-state index contributed by atoms with van der Waals surface area (Å²) in [4.78, 5) is 0. The predicted octanol–water partition coefficient (Wildman–Crippen LogP) is 2.97. The Labute approximate surface area is 120 Å². The van der Waals surface area contributed by atoms with Gasteiger partial charge in [0.25, 0.3) is 0 Å². The third-order valence-electron chi connectivity index (χ3n) is 2.45. The second kappa shape index (κ2) is 5.63. The number of hydrogen-bond acceptors (Lipinski definition) is 3. The average molecular weight is 341 g/mol. The molecule has 0 amide bonds. The molecule has 4 nitrogen and oxygen atoms in total. The highest BCUT2D eigenvalue weighted by atomic mass is 79.9. The second-order valence-corrected chi connectivity index (χ2v) is 6.66. The van der Waals surface area contributed by atoms with E-state index in [1.807, 2.05) is 6.07 Å². The first-order chi connectivity index (χ1) is 8.96. The zero-order chi connectivity index (χ0) is 13.9. The number of nitrogens with two attached hydrogens (primary N) is 1. The van der Waals surface area contributed by atoms with Crippen LogP contribution < -0.4 is 10.5 Å². The molecule has 0 radical (unpaired) electrons. The van der Waals surface area contributed by atoms with Crippen molar-refractivity contribution in [1.82, 2.24) is 0 Å². The number of nitrogens with one attached hydrogen (secondary N) is 1. The Morgan fingerprint density at radius 2 is 1.84 bits per heavy atom. The molecule has 0 saturated carbocycles. The summed E-state index contributed by atoms with van der Waals surface area (Å²) in [5, 5.41) is 0. The quantitative estimate of drug-likeness (QED) is 0.840. The first-order valence-corrected chi connectivity index (χ1v) is 8.00. The molecule has 3 N–H and O–H groups in total. The number of halogens is 1. The Balaban J connectivity index is 2.18. The molecule has 0 heterocycles. The van der Waals surface area contributed by atoms with Gasteiger partial charge >= 0.3 is 0 Å². The number of anilines is 2. The van der Waals surface area contributed by atoms with Gasteiger partial charge in [0, 0.05) is 10.2 Å². The summed E-state index contributed by atoms with van der Waals surface area (Å²) >= 11 is 3.30. The van der Waals surface area contributed by atoms with Gasteiger partial charge in [0.15, 0.2) is 0 Å². The molecule has 19 heavy (non-hydrogen) atoms. The summed E-state index contributed by atoms with van der Waals surface area (Å²) in [6.07, 6.45) is 0. The highest BCUT2D eigenvalue weighted by Crippen LogP contribution is 2.23. The van der Waals surface area contributed by atoms with Crippen molar-refractivity contribution in [1.29, 1.82) is 0 Å². The maximum Gasteiger partial charge on any atom is 0.236 e. The van der Waals surface area contributed by atoms with E-state index in [0.29, 0.717) is 21.4 Å². The van der Waals surface area contributed by atoms with Crippen LogP contribution in [-0.2, 0) is 15.8 Å². The summed E-state index contributed by atoms with van der Waals surface area (Å²) < 4.78 is 27.4. The van der Waals surface area contributed by atoms with Crippen LogP contribution in [0.2, 0.25) is 0 Å². The molecule has 0 fully saturated rings. The predicted molar refractivity (Wildman–Crippen MR) is 81.2 cm³/mol. The van der Waals surface area contributed by atoms with Gasteiger partial charge in [-0.3, -0.25) is 4.72 Å². The Kier molecular flexibility index (Phi) is 4.11. The van der Waals surface area contributed by atoms with Gasteiger partial charge in [0.05, 0.1) is 11.4 Å². The molecule has 0 aliphatic heterocycles. The molecular weight excluding hydrogens is 328 g/mol. The van der Waals surface area contributed by atoms with Crippen LogP contribution in [0.25, 0.3) is 0 Å². The van der Waals surface area contributed by atoms with E-state index >= 15 is 0 Å². The van der Waals surface area contributed by atoms with Crippen LogP contribution in [0.5, 0.6) is 0 Å². The second-order valence-electron chi connectivity index (χ2n) is 4.09. The average Bonchev–Trinajstić information content (AvgIpc) is 2.31. The first kappa shape index (κ1) is 13.9. The summed E-state index contributed by atoms with van der Waals surface area (Å²) in [6.45, 7) is 0. The van der Waals surface area contributed by atoms with Crippen LogP contribution >= 0.6 is 15.9 Å². The molecule has 6 heteroatoms. The summed E-state index contributed by atoms with van der Waals surface area (Å²) in [6, 6.07) is 13.9. The Morgan fingerprint density at radius 1 is 1.11 bits per heavy atom. The van der Waals surface area contributed by atoms with Crippen LogP contribution in [0, 0.1) is 0 Å². The van der Waals surface area contributed by atoms with Gasteiger partial charge in [-0.05, 0) is 45.8 Å². The molecule has 2 aromatic rings. The maximum absolute atomic E-state index is 12.1. The molecule has 0 aromatic heterocycles. The van der Waals surface area contributed by atoms with Crippen LogP contribution in [0.4, 0.5) is 11.4 Å². The van der Waals surface area contributed by atoms with Crippen molar-refractivity contribution in [3.63, 3.8) is 0 Å². The Morgan fingerprint density at radius 3 is 2.53 bits per heavy atom. The lowest BCUT2D eigenvalue weighted by Gasteiger charge is -2.09. The minimum Gasteiger partial charge on any atom is -0.399 e. The molecule has 0 atom stereocenters. The topological polar surface area (TPSA) is 72.2 Å². The van der Waals surface area contributed by atoms with Crippen LogP contribution in [0.1, 0.15) is 5.56 Å². The van der Waals surface area contributed by atoms with Gasteiger partial charge in [-0.2, -0.15) is 0 Å². The van der Waals surface area contributed by atoms with E-state index < -0.39 is 10.0 Å². The largest absolute Gasteiger partial charge is 0.399 e. The van der Waals surface area contributed by atoms with Gasteiger partial charge in [0.1, 0.15) is 0 Å². The van der Waals surface area contributed by atoms with E-state index in [0.717, 1.165) is 0 Å². The van der Waals surface area contributed by atoms with E-state index in [-0.39, 0.29) is 5.75 Å². The number of rotatable bonds is 4. The molecule has 0 spiro atoms. The number of hydrogen-bond donors (Lipinski definition) is 2. The monoisotopic (exact) mass is 340 g/mol. The number of para-hydroxylation sites is 1. The lowest BCUT2D eigenvalue weighted by Crippen LogP contribution is -2.15. The normalized spacial score (nSPS) is 11.2. The number of nitrogen functional groups attached to an aromatic ring is 1. The number of sulfonamides is 1. The number of benzene rings is 2.